The van der Waals surface area contributed by atoms with E-state index in [1.54, 1.807) is 24.3 Å². The van der Waals surface area contributed by atoms with Gasteiger partial charge in [0.25, 0.3) is 0 Å². The second-order valence-electron chi connectivity index (χ2n) is 2.73. The number of para-hydroxylation sites is 1. The maximum absolute atomic E-state index is 9.55. The zero-order valence-electron chi connectivity index (χ0n) is 7.60. The number of rotatable bonds is 4. The number of aliphatic hydroxyl groups excluding tert-OH is 1. The Morgan fingerprint density at radius 1 is 1.38 bits per heavy atom. The lowest BCUT2D eigenvalue weighted by Crippen LogP contribution is -2.06. The molecule has 0 spiro atoms. The molecule has 0 aliphatic rings. The first-order chi connectivity index (χ1) is 6.25. The highest BCUT2D eigenvalue weighted by molar-refractivity contribution is 5.33. The molecule has 3 nitrogen and oxygen atoms in total. The lowest BCUT2D eigenvalue weighted by molar-refractivity contribution is 0.0408. The molecule has 0 amide bonds. The summed E-state index contributed by atoms with van der Waals surface area (Å²) in [5.41, 5.74) is 0.510. The molecule has 0 aliphatic carbocycles. The molecule has 0 aliphatic heterocycles. The van der Waals surface area contributed by atoms with Crippen LogP contribution in [0.15, 0.2) is 24.3 Å². The maximum Gasteiger partial charge on any atom is 0.121 e. The number of hydrogen-bond donors (Lipinski definition) is 2. The van der Waals surface area contributed by atoms with Crippen molar-refractivity contribution in [3.63, 3.8) is 0 Å². The van der Waals surface area contributed by atoms with Gasteiger partial charge in [0, 0.05) is 12.2 Å². The van der Waals surface area contributed by atoms with Crippen molar-refractivity contribution in [3.8, 4) is 5.75 Å². The second kappa shape index (κ2) is 4.84. The topological polar surface area (TPSA) is 49.7 Å². The number of aliphatic hydroxyl groups is 1. The molecule has 0 aromatic heterocycles. The highest BCUT2D eigenvalue weighted by Gasteiger charge is 2.10. The average molecular weight is 182 g/mol. The highest BCUT2D eigenvalue weighted by atomic mass is 16.5. The molecule has 13 heavy (non-hydrogen) atoms. The van der Waals surface area contributed by atoms with Crippen LogP contribution < -0.4 is 0 Å². The Labute approximate surface area is 77.6 Å². The number of phenols is 1. The summed E-state index contributed by atoms with van der Waals surface area (Å²) in [7, 11) is 0. The third kappa shape index (κ3) is 2.72. The van der Waals surface area contributed by atoms with Gasteiger partial charge in [-0.05, 0) is 13.0 Å². The number of ether oxygens (including phenoxy) is 1. The molecule has 1 aromatic rings. The molecule has 1 rings (SSSR count). The van der Waals surface area contributed by atoms with Gasteiger partial charge in [-0.1, -0.05) is 18.2 Å². The monoisotopic (exact) mass is 182 g/mol. The van der Waals surface area contributed by atoms with Crippen LogP contribution in [0.3, 0.4) is 0 Å². The smallest absolute Gasteiger partial charge is 0.121 e. The summed E-state index contributed by atoms with van der Waals surface area (Å²) in [6, 6.07) is 6.71. The summed E-state index contributed by atoms with van der Waals surface area (Å²) >= 11 is 0. The summed E-state index contributed by atoms with van der Waals surface area (Å²) in [6.07, 6.45) is -0.749. The Morgan fingerprint density at radius 3 is 2.69 bits per heavy atom. The van der Waals surface area contributed by atoms with Crippen molar-refractivity contribution < 1.29 is 14.9 Å². The van der Waals surface area contributed by atoms with Crippen LogP contribution in [-0.4, -0.2) is 23.4 Å². The van der Waals surface area contributed by atoms with Gasteiger partial charge in [0.2, 0.25) is 0 Å². The first-order valence-corrected chi connectivity index (χ1v) is 4.29. The predicted octanol–water partition coefficient (Wildman–Crippen LogP) is 1.46. The Kier molecular flexibility index (Phi) is 3.73. The van der Waals surface area contributed by atoms with Crippen molar-refractivity contribution in [2.24, 2.45) is 0 Å². The zero-order chi connectivity index (χ0) is 9.68. The minimum absolute atomic E-state index is 0.106. The van der Waals surface area contributed by atoms with Gasteiger partial charge in [0.15, 0.2) is 0 Å². The van der Waals surface area contributed by atoms with Gasteiger partial charge in [-0.2, -0.15) is 0 Å². The van der Waals surface area contributed by atoms with Gasteiger partial charge in [0.1, 0.15) is 11.9 Å². The maximum atomic E-state index is 9.55. The molecule has 2 N–H and O–H groups in total. The van der Waals surface area contributed by atoms with E-state index in [4.69, 9.17) is 4.74 Å². The molecule has 1 aromatic carbocycles. The molecule has 0 heterocycles. The lowest BCUT2D eigenvalue weighted by atomic mass is 10.1. The molecule has 72 valence electrons. The van der Waals surface area contributed by atoms with Gasteiger partial charge < -0.3 is 14.9 Å². The fourth-order valence-electron chi connectivity index (χ4n) is 1.09. The van der Waals surface area contributed by atoms with E-state index >= 15 is 0 Å². The average Bonchev–Trinajstić information content (AvgIpc) is 2.15. The third-order valence-electron chi connectivity index (χ3n) is 1.78. The minimum Gasteiger partial charge on any atom is -0.508 e. The van der Waals surface area contributed by atoms with Crippen molar-refractivity contribution in [3.05, 3.63) is 29.8 Å². The van der Waals surface area contributed by atoms with E-state index in [9.17, 15) is 10.2 Å². The molecule has 0 radical (unpaired) electrons. The van der Waals surface area contributed by atoms with Crippen LogP contribution in [0, 0.1) is 0 Å². The first-order valence-electron chi connectivity index (χ1n) is 4.29. The van der Waals surface area contributed by atoms with Gasteiger partial charge in [0.05, 0.1) is 6.61 Å². The fourth-order valence-corrected chi connectivity index (χ4v) is 1.09. The molecule has 0 saturated heterocycles. The lowest BCUT2D eigenvalue weighted by Gasteiger charge is -2.11. The molecule has 0 saturated carbocycles. The Morgan fingerprint density at radius 2 is 2.08 bits per heavy atom. The van der Waals surface area contributed by atoms with Crippen molar-refractivity contribution >= 4 is 0 Å². The van der Waals surface area contributed by atoms with Crippen LogP contribution >= 0.6 is 0 Å². The van der Waals surface area contributed by atoms with Crippen molar-refractivity contribution in [2.45, 2.75) is 13.0 Å². The van der Waals surface area contributed by atoms with E-state index in [2.05, 4.69) is 0 Å². The van der Waals surface area contributed by atoms with Gasteiger partial charge in [-0.15, -0.1) is 0 Å². The van der Waals surface area contributed by atoms with E-state index in [-0.39, 0.29) is 12.4 Å². The van der Waals surface area contributed by atoms with Crippen LogP contribution in [0.4, 0.5) is 0 Å². The van der Waals surface area contributed by atoms with E-state index in [0.717, 1.165) is 0 Å². The van der Waals surface area contributed by atoms with Gasteiger partial charge >= 0.3 is 0 Å². The van der Waals surface area contributed by atoms with Crippen LogP contribution in [0.1, 0.15) is 18.6 Å². The van der Waals surface area contributed by atoms with E-state index in [1.165, 1.54) is 0 Å². The normalized spacial score (nSPS) is 12.8. The van der Waals surface area contributed by atoms with Crippen molar-refractivity contribution in [1.82, 2.24) is 0 Å². The summed E-state index contributed by atoms with van der Waals surface area (Å²) < 4.78 is 5.04. The first kappa shape index (κ1) is 10.0. The molecule has 0 fully saturated rings. The van der Waals surface area contributed by atoms with E-state index < -0.39 is 6.10 Å². The highest BCUT2D eigenvalue weighted by Crippen LogP contribution is 2.23. The fraction of sp³-hybridized carbons (Fsp3) is 0.400. The molecule has 1 unspecified atom stereocenters. The van der Waals surface area contributed by atoms with Gasteiger partial charge in [-0.3, -0.25) is 0 Å². The summed E-state index contributed by atoms with van der Waals surface area (Å²) in [6.45, 7) is 2.64. The van der Waals surface area contributed by atoms with Crippen LogP contribution in [-0.2, 0) is 4.74 Å². The number of phenolic OH excluding ortho intramolecular Hbond substituents is 1. The predicted molar refractivity (Wildman–Crippen MR) is 49.6 cm³/mol. The third-order valence-corrected chi connectivity index (χ3v) is 1.78. The van der Waals surface area contributed by atoms with Crippen molar-refractivity contribution in [1.29, 1.82) is 0 Å². The Hall–Kier alpha value is -1.06. The Balaban J connectivity index is 2.65. The zero-order valence-corrected chi connectivity index (χ0v) is 7.60. The van der Waals surface area contributed by atoms with Crippen molar-refractivity contribution in [2.75, 3.05) is 13.2 Å². The second-order valence-corrected chi connectivity index (χ2v) is 2.73. The summed E-state index contributed by atoms with van der Waals surface area (Å²) in [5, 5.41) is 18.9. The van der Waals surface area contributed by atoms with Crippen LogP contribution in [0.2, 0.25) is 0 Å². The number of aromatic hydroxyl groups is 1. The van der Waals surface area contributed by atoms with Crippen LogP contribution in [0.25, 0.3) is 0 Å². The standard InChI is InChI=1S/C10H14O3/c1-2-13-7-10(12)8-5-3-4-6-9(8)11/h3-6,10-12H,2,7H2,1H3. The molecule has 1 atom stereocenters. The van der Waals surface area contributed by atoms with Crippen LogP contribution in [0.5, 0.6) is 5.75 Å². The summed E-state index contributed by atoms with van der Waals surface area (Å²) in [5.74, 6) is 0.106. The largest absolute Gasteiger partial charge is 0.508 e. The molecular weight excluding hydrogens is 168 g/mol. The number of hydrogen-bond acceptors (Lipinski definition) is 3. The summed E-state index contributed by atoms with van der Waals surface area (Å²) in [4.78, 5) is 0. The SMILES string of the molecule is CCOCC(O)c1ccccc1O. The van der Waals surface area contributed by atoms with Gasteiger partial charge in [-0.25, -0.2) is 0 Å². The molecular formula is C10H14O3. The quantitative estimate of drug-likeness (QED) is 0.741. The van der Waals surface area contributed by atoms with E-state index in [0.29, 0.717) is 12.2 Å². The molecule has 3 heteroatoms. The van der Waals surface area contributed by atoms with E-state index in [1.807, 2.05) is 6.92 Å². The number of benzene rings is 1. The minimum atomic E-state index is -0.749. The molecule has 0 bridgehead atoms. The Bertz CT molecular complexity index is 260.